The van der Waals surface area contributed by atoms with Gasteiger partial charge in [0.1, 0.15) is 5.03 Å². The van der Waals surface area contributed by atoms with Gasteiger partial charge in [0.15, 0.2) is 11.6 Å². The highest BCUT2D eigenvalue weighted by molar-refractivity contribution is 8.00. The molecule has 0 unspecified atom stereocenters. The van der Waals surface area contributed by atoms with Crippen molar-refractivity contribution in [3.63, 3.8) is 0 Å². The fourth-order valence-corrected chi connectivity index (χ4v) is 3.37. The van der Waals surface area contributed by atoms with Gasteiger partial charge in [0.2, 0.25) is 5.91 Å². The van der Waals surface area contributed by atoms with Gasteiger partial charge in [-0.1, -0.05) is 43.8 Å². The highest BCUT2D eigenvalue weighted by Gasteiger charge is 2.20. The predicted octanol–water partition coefficient (Wildman–Crippen LogP) is 3.85. The Hall–Kier alpha value is -2.87. The van der Waals surface area contributed by atoms with E-state index in [4.69, 9.17) is 4.42 Å². The maximum atomic E-state index is 12.4. The Balaban J connectivity index is 1.79. The maximum absolute atomic E-state index is 12.4. The molecule has 0 aliphatic rings. The summed E-state index contributed by atoms with van der Waals surface area (Å²) >= 11 is 1.27. The largest absolute Gasteiger partial charge is 0.461 e. The number of furan rings is 1. The zero-order valence-electron chi connectivity index (χ0n) is 15.9. The number of benzene rings is 1. The molecular formula is C20H22N4O3S. The topological polar surface area (TPSA) is 97.1 Å². The quantitative estimate of drug-likeness (QED) is 0.483. The second-order valence-electron chi connectivity index (χ2n) is 6.70. The van der Waals surface area contributed by atoms with Crippen molar-refractivity contribution in [3.8, 4) is 11.6 Å². The summed E-state index contributed by atoms with van der Waals surface area (Å²) in [5.41, 5.74) is 0.758. The number of aromatic nitrogens is 2. The van der Waals surface area contributed by atoms with Gasteiger partial charge < -0.3 is 9.73 Å². The van der Waals surface area contributed by atoms with E-state index in [2.05, 4.69) is 20.6 Å². The van der Waals surface area contributed by atoms with Gasteiger partial charge in [0.05, 0.1) is 17.0 Å². The number of thioether (sulfide) groups is 1. The minimum Gasteiger partial charge on any atom is -0.461 e. The summed E-state index contributed by atoms with van der Waals surface area (Å²) < 4.78 is 5.41. The minimum absolute atomic E-state index is 0.306. The molecular weight excluding hydrogens is 376 g/mol. The van der Waals surface area contributed by atoms with Crippen molar-refractivity contribution in [2.75, 3.05) is 6.54 Å². The van der Waals surface area contributed by atoms with Crippen molar-refractivity contribution in [2.45, 2.75) is 31.0 Å². The summed E-state index contributed by atoms with van der Waals surface area (Å²) in [5.74, 6) is 0.930. The molecule has 7 nitrogen and oxygen atoms in total. The monoisotopic (exact) mass is 398 g/mol. The van der Waals surface area contributed by atoms with Crippen LogP contribution >= 0.6 is 11.8 Å². The average Bonchev–Trinajstić information content (AvgIpc) is 3.21. The number of fused-ring (bicyclic) bond motifs is 1. The molecule has 2 heterocycles. The Morgan fingerprint density at radius 1 is 1.11 bits per heavy atom. The molecule has 3 rings (SSSR count). The number of hydrogen-bond donors (Lipinski definition) is 2. The first kappa shape index (κ1) is 19.9. The van der Waals surface area contributed by atoms with E-state index in [1.54, 1.807) is 25.3 Å². The Morgan fingerprint density at radius 3 is 2.61 bits per heavy atom. The normalized spacial score (nSPS) is 12.1. The number of hydrogen-bond acceptors (Lipinski definition) is 6. The van der Waals surface area contributed by atoms with Crippen LogP contribution in [0, 0.1) is 5.92 Å². The van der Waals surface area contributed by atoms with Crippen LogP contribution in [0.1, 0.15) is 20.8 Å². The molecule has 28 heavy (non-hydrogen) atoms. The van der Waals surface area contributed by atoms with Crippen LogP contribution in [0.15, 0.2) is 52.1 Å². The van der Waals surface area contributed by atoms with Crippen LogP contribution in [0.3, 0.4) is 0 Å². The van der Waals surface area contributed by atoms with Gasteiger partial charge in [-0.05, 0) is 31.0 Å². The van der Waals surface area contributed by atoms with Gasteiger partial charge in [0.25, 0.3) is 0 Å². The number of carbonyl (C=O) groups is 2. The molecule has 2 N–H and O–H groups in total. The second-order valence-corrected chi connectivity index (χ2v) is 8.03. The molecule has 0 bridgehead atoms. The lowest BCUT2D eigenvalue weighted by atomic mass is 10.2. The smallest absolute Gasteiger partial charge is 0.321 e. The van der Waals surface area contributed by atoms with E-state index in [1.165, 1.54) is 11.8 Å². The van der Waals surface area contributed by atoms with E-state index in [-0.39, 0.29) is 5.91 Å². The lowest BCUT2D eigenvalue weighted by Gasteiger charge is -2.14. The molecule has 3 amide bonds. The third-order valence-corrected chi connectivity index (χ3v) is 4.98. The predicted molar refractivity (Wildman–Crippen MR) is 109 cm³/mol. The van der Waals surface area contributed by atoms with Gasteiger partial charge in [-0.2, -0.15) is 0 Å². The summed E-state index contributed by atoms with van der Waals surface area (Å²) in [6, 6.07) is 10.6. The average molecular weight is 398 g/mol. The molecule has 1 aromatic carbocycles. The number of imide groups is 1. The molecule has 0 fully saturated rings. The van der Waals surface area contributed by atoms with Gasteiger partial charge in [-0.15, -0.1) is 0 Å². The lowest BCUT2D eigenvalue weighted by Crippen LogP contribution is -2.43. The van der Waals surface area contributed by atoms with Crippen molar-refractivity contribution in [1.82, 2.24) is 20.6 Å². The Bertz CT molecular complexity index is 973. The number of rotatable bonds is 6. The van der Waals surface area contributed by atoms with E-state index in [0.717, 1.165) is 10.9 Å². The van der Waals surface area contributed by atoms with Crippen LogP contribution in [0.4, 0.5) is 4.79 Å². The molecule has 0 radical (unpaired) electrons. The molecule has 0 saturated carbocycles. The molecule has 0 aliphatic heterocycles. The highest BCUT2D eigenvalue weighted by atomic mass is 32.2. The molecule has 0 spiro atoms. The number of amides is 3. The van der Waals surface area contributed by atoms with Crippen LogP contribution in [-0.4, -0.2) is 33.7 Å². The third-order valence-electron chi connectivity index (χ3n) is 3.88. The number of nitrogens with zero attached hydrogens (tertiary/aromatic N) is 2. The fraction of sp³-hybridized carbons (Fsp3) is 0.300. The molecule has 8 heteroatoms. The van der Waals surface area contributed by atoms with E-state index in [1.807, 2.05) is 38.1 Å². The molecule has 3 aromatic rings. The van der Waals surface area contributed by atoms with Gasteiger partial charge in [-0.25, -0.2) is 14.8 Å². The number of carbonyl (C=O) groups excluding carboxylic acids is 2. The standard InChI is InChI=1S/C20H22N4O3S/c1-12(2)11-21-20(26)24-18(25)13(3)28-19-14-7-4-5-8-15(14)22-17(23-19)16-9-6-10-27-16/h4-10,12-13H,11H2,1-3H3,(H2,21,24,25,26)/t13-/m0/s1. The first-order valence-corrected chi connectivity index (χ1v) is 9.88. The zero-order chi connectivity index (χ0) is 20.1. The Kier molecular flexibility index (Phi) is 6.30. The summed E-state index contributed by atoms with van der Waals surface area (Å²) in [4.78, 5) is 33.4. The van der Waals surface area contributed by atoms with E-state index in [9.17, 15) is 9.59 Å². The van der Waals surface area contributed by atoms with Crippen molar-refractivity contribution in [1.29, 1.82) is 0 Å². The summed E-state index contributed by atoms with van der Waals surface area (Å²) in [7, 11) is 0. The van der Waals surface area contributed by atoms with Crippen LogP contribution in [0.25, 0.3) is 22.5 Å². The number of para-hydroxylation sites is 1. The maximum Gasteiger partial charge on any atom is 0.321 e. The van der Waals surface area contributed by atoms with E-state index >= 15 is 0 Å². The van der Waals surface area contributed by atoms with Crippen LogP contribution in [-0.2, 0) is 4.79 Å². The minimum atomic E-state index is -0.521. The molecule has 2 aromatic heterocycles. The molecule has 0 saturated heterocycles. The van der Waals surface area contributed by atoms with Crippen molar-refractivity contribution < 1.29 is 14.0 Å². The Morgan fingerprint density at radius 2 is 1.89 bits per heavy atom. The van der Waals surface area contributed by atoms with Crippen molar-refractivity contribution >= 4 is 34.6 Å². The summed E-state index contributed by atoms with van der Waals surface area (Å²) in [5, 5.41) is 6.02. The van der Waals surface area contributed by atoms with E-state index in [0.29, 0.717) is 29.1 Å². The Labute approximate surface area is 167 Å². The molecule has 1 atom stereocenters. The number of nitrogens with one attached hydrogen (secondary N) is 2. The molecule has 0 aliphatic carbocycles. The first-order chi connectivity index (χ1) is 13.4. The van der Waals surface area contributed by atoms with Gasteiger partial charge in [-0.3, -0.25) is 10.1 Å². The SMILES string of the molecule is CC(C)CNC(=O)NC(=O)[C@H](C)Sc1nc(-c2ccco2)nc2ccccc12. The van der Waals surface area contributed by atoms with Crippen LogP contribution in [0.2, 0.25) is 0 Å². The first-order valence-electron chi connectivity index (χ1n) is 9.00. The van der Waals surface area contributed by atoms with E-state index < -0.39 is 11.3 Å². The highest BCUT2D eigenvalue weighted by Crippen LogP contribution is 2.31. The summed E-state index contributed by atoms with van der Waals surface area (Å²) in [6.45, 7) is 6.21. The van der Waals surface area contributed by atoms with Gasteiger partial charge in [0, 0.05) is 11.9 Å². The molecule has 146 valence electrons. The van der Waals surface area contributed by atoms with Gasteiger partial charge >= 0.3 is 6.03 Å². The third kappa shape index (κ3) is 4.89. The lowest BCUT2D eigenvalue weighted by molar-refractivity contribution is -0.119. The van der Waals surface area contributed by atoms with Crippen molar-refractivity contribution in [3.05, 3.63) is 42.7 Å². The number of urea groups is 1. The van der Waals surface area contributed by atoms with Crippen molar-refractivity contribution in [2.24, 2.45) is 5.92 Å². The van der Waals surface area contributed by atoms with Crippen LogP contribution < -0.4 is 10.6 Å². The fourth-order valence-electron chi connectivity index (χ4n) is 2.43. The second kappa shape index (κ2) is 8.88. The summed E-state index contributed by atoms with van der Waals surface area (Å²) in [6.07, 6.45) is 1.56. The zero-order valence-corrected chi connectivity index (χ0v) is 16.7. The van der Waals surface area contributed by atoms with Crippen LogP contribution in [0.5, 0.6) is 0 Å².